The number of pyridine rings is 1. The fourth-order valence-electron chi connectivity index (χ4n) is 2.55. The van der Waals surface area contributed by atoms with Crippen LogP contribution in [0.5, 0.6) is 0 Å². The van der Waals surface area contributed by atoms with E-state index in [9.17, 15) is 14.9 Å². The first kappa shape index (κ1) is 13.1. The van der Waals surface area contributed by atoms with Crippen molar-refractivity contribution < 1.29 is 4.92 Å². The summed E-state index contributed by atoms with van der Waals surface area (Å²) >= 11 is 0. The van der Waals surface area contributed by atoms with Gasteiger partial charge in [0, 0.05) is 29.4 Å². The highest BCUT2D eigenvalue weighted by atomic mass is 16.6. The van der Waals surface area contributed by atoms with Gasteiger partial charge in [-0.1, -0.05) is 18.2 Å². The van der Waals surface area contributed by atoms with Crippen LogP contribution in [-0.4, -0.2) is 9.49 Å². The zero-order chi connectivity index (χ0) is 15.0. The van der Waals surface area contributed by atoms with Crippen molar-refractivity contribution in [3.63, 3.8) is 0 Å². The average molecular weight is 280 g/mol. The summed E-state index contributed by atoms with van der Waals surface area (Å²) in [5.74, 6) is 0. The van der Waals surface area contributed by atoms with Gasteiger partial charge in [0.15, 0.2) is 5.43 Å². The number of nitrogens with zero attached hydrogens (tertiary/aromatic N) is 2. The third-order valence-electron chi connectivity index (χ3n) is 3.48. The molecule has 0 N–H and O–H groups in total. The third-order valence-corrected chi connectivity index (χ3v) is 3.48. The van der Waals surface area contributed by atoms with E-state index in [1.54, 1.807) is 18.2 Å². The molecule has 0 bridgehead atoms. The summed E-state index contributed by atoms with van der Waals surface area (Å²) < 4.78 is 1.87. The van der Waals surface area contributed by atoms with E-state index < -0.39 is 4.92 Å². The number of hydrogen-bond donors (Lipinski definition) is 0. The van der Waals surface area contributed by atoms with E-state index in [1.165, 1.54) is 18.2 Å². The van der Waals surface area contributed by atoms with Crippen molar-refractivity contribution in [3.05, 3.63) is 75.5 Å². The van der Waals surface area contributed by atoms with Gasteiger partial charge in [0.1, 0.15) is 0 Å². The molecule has 3 aromatic rings. The lowest BCUT2D eigenvalue weighted by atomic mass is 10.1. The number of rotatable bonds is 3. The van der Waals surface area contributed by atoms with Crippen LogP contribution in [0.2, 0.25) is 0 Å². The first-order valence-corrected chi connectivity index (χ1v) is 6.44. The van der Waals surface area contributed by atoms with Gasteiger partial charge in [0.2, 0.25) is 0 Å². The molecule has 0 aliphatic heterocycles. The molecule has 0 spiro atoms. The molecule has 0 amide bonds. The number of benzene rings is 2. The van der Waals surface area contributed by atoms with Crippen LogP contribution in [0, 0.1) is 10.1 Å². The average Bonchev–Trinajstić information content (AvgIpc) is 2.51. The Hall–Kier alpha value is -2.95. The van der Waals surface area contributed by atoms with Crippen molar-refractivity contribution in [1.82, 2.24) is 4.57 Å². The van der Waals surface area contributed by atoms with Gasteiger partial charge in [-0.25, -0.2) is 0 Å². The van der Waals surface area contributed by atoms with Crippen molar-refractivity contribution >= 4 is 27.5 Å². The maximum atomic E-state index is 12.5. The van der Waals surface area contributed by atoms with E-state index in [-0.39, 0.29) is 11.1 Å². The van der Waals surface area contributed by atoms with Crippen molar-refractivity contribution in [2.24, 2.45) is 0 Å². The van der Waals surface area contributed by atoms with Gasteiger partial charge in [-0.05, 0) is 18.2 Å². The maximum absolute atomic E-state index is 12.5. The standard InChI is InChI=1S/C16H12N2O3/c1-2-9-17-14-6-4-3-5-12(14)16(19)13-8-7-11(18(20)21)10-15(13)17/h2-8,10H,1,9H2. The molecule has 0 aliphatic carbocycles. The minimum absolute atomic E-state index is 0.0324. The van der Waals surface area contributed by atoms with Crippen LogP contribution in [0.25, 0.3) is 21.8 Å². The number of allylic oxidation sites excluding steroid dienone is 1. The summed E-state index contributed by atoms with van der Waals surface area (Å²) in [4.78, 5) is 23.0. The number of nitro benzene ring substituents is 1. The molecule has 21 heavy (non-hydrogen) atoms. The van der Waals surface area contributed by atoms with Crippen molar-refractivity contribution in [3.8, 4) is 0 Å². The molecule has 5 nitrogen and oxygen atoms in total. The molecule has 2 aromatic carbocycles. The third kappa shape index (κ3) is 1.99. The molecule has 0 atom stereocenters. The Labute approximate surface area is 119 Å². The van der Waals surface area contributed by atoms with Crippen LogP contribution in [0.4, 0.5) is 5.69 Å². The van der Waals surface area contributed by atoms with Gasteiger partial charge in [0.05, 0.1) is 16.0 Å². The number of aromatic nitrogens is 1. The molecule has 5 heteroatoms. The van der Waals surface area contributed by atoms with E-state index in [1.807, 2.05) is 16.7 Å². The Bertz CT molecular complexity index is 941. The number of para-hydroxylation sites is 1. The topological polar surface area (TPSA) is 65.1 Å². The maximum Gasteiger partial charge on any atom is 0.271 e. The molecule has 0 saturated carbocycles. The van der Waals surface area contributed by atoms with Gasteiger partial charge in [-0.2, -0.15) is 0 Å². The molecule has 104 valence electrons. The van der Waals surface area contributed by atoms with E-state index >= 15 is 0 Å². The number of hydrogen-bond acceptors (Lipinski definition) is 3. The van der Waals surface area contributed by atoms with Crippen molar-refractivity contribution in [2.75, 3.05) is 0 Å². The lowest BCUT2D eigenvalue weighted by Gasteiger charge is -2.13. The Morgan fingerprint density at radius 1 is 1.14 bits per heavy atom. The molecule has 1 aromatic heterocycles. The van der Waals surface area contributed by atoms with E-state index in [2.05, 4.69) is 6.58 Å². The smallest absolute Gasteiger partial charge is 0.271 e. The Morgan fingerprint density at radius 3 is 2.57 bits per heavy atom. The Balaban J connectivity index is 2.55. The largest absolute Gasteiger partial charge is 0.336 e. The summed E-state index contributed by atoms with van der Waals surface area (Å²) in [6.07, 6.45) is 1.70. The van der Waals surface area contributed by atoms with Gasteiger partial charge >= 0.3 is 0 Å². The predicted molar refractivity (Wildman–Crippen MR) is 82.6 cm³/mol. The molecule has 0 saturated heterocycles. The summed E-state index contributed by atoms with van der Waals surface area (Å²) in [6.45, 7) is 4.19. The summed E-state index contributed by atoms with van der Waals surface area (Å²) in [5.41, 5.74) is 1.15. The molecule has 0 unspecified atom stereocenters. The quantitative estimate of drug-likeness (QED) is 0.320. The first-order chi connectivity index (χ1) is 10.1. The SMILES string of the molecule is C=CCn1c2ccccc2c(=O)c2ccc([N+](=O)[O-])cc21. The molecule has 1 heterocycles. The van der Waals surface area contributed by atoms with Crippen LogP contribution in [0.15, 0.2) is 59.9 Å². The number of fused-ring (bicyclic) bond motifs is 2. The number of non-ortho nitro benzene ring substituents is 1. The highest BCUT2D eigenvalue weighted by Gasteiger charge is 2.13. The first-order valence-electron chi connectivity index (χ1n) is 6.44. The van der Waals surface area contributed by atoms with Gasteiger partial charge in [-0.3, -0.25) is 14.9 Å². The van der Waals surface area contributed by atoms with Crippen molar-refractivity contribution in [1.29, 1.82) is 0 Å². The second-order valence-electron chi connectivity index (χ2n) is 4.70. The fraction of sp³-hybridized carbons (Fsp3) is 0.0625. The zero-order valence-electron chi connectivity index (χ0n) is 11.2. The van der Waals surface area contributed by atoms with Gasteiger partial charge < -0.3 is 4.57 Å². The second-order valence-corrected chi connectivity index (χ2v) is 4.70. The molecule has 0 fully saturated rings. The lowest BCUT2D eigenvalue weighted by molar-refractivity contribution is -0.384. The minimum atomic E-state index is -0.461. The molecule has 3 rings (SSSR count). The van der Waals surface area contributed by atoms with Crippen LogP contribution >= 0.6 is 0 Å². The van der Waals surface area contributed by atoms with Crippen LogP contribution in [0.1, 0.15) is 0 Å². The van der Waals surface area contributed by atoms with Crippen LogP contribution < -0.4 is 5.43 Å². The number of nitro groups is 1. The lowest BCUT2D eigenvalue weighted by Crippen LogP contribution is -2.11. The molecular formula is C16H12N2O3. The Kier molecular flexibility index (Phi) is 3.02. The van der Waals surface area contributed by atoms with E-state index in [0.717, 1.165) is 5.52 Å². The zero-order valence-corrected chi connectivity index (χ0v) is 11.2. The predicted octanol–water partition coefficient (Wildman–Crippen LogP) is 3.25. The minimum Gasteiger partial charge on any atom is -0.336 e. The van der Waals surface area contributed by atoms with E-state index in [0.29, 0.717) is 22.8 Å². The fourth-order valence-corrected chi connectivity index (χ4v) is 2.55. The van der Waals surface area contributed by atoms with Gasteiger partial charge in [0.25, 0.3) is 5.69 Å². The normalized spacial score (nSPS) is 10.9. The molecular weight excluding hydrogens is 268 g/mol. The van der Waals surface area contributed by atoms with Crippen LogP contribution in [0.3, 0.4) is 0 Å². The van der Waals surface area contributed by atoms with E-state index in [4.69, 9.17) is 0 Å². The van der Waals surface area contributed by atoms with Crippen LogP contribution in [-0.2, 0) is 6.54 Å². The monoisotopic (exact) mass is 280 g/mol. The molecule has 0 radical (unpaired) electrons. The van der Waals surface area contributed by atoms with Crippen molar-refractivity contribution in [2.45, 2.75) is 6.54 Å². The highest BCUT2D eigenvalue weighted by Crippen LogP contribution is 2.23. The summed E-state index contributed by atoms with van der Waals surface area (Å²) in [5, 5.41) is 12.0. The molecule has 0 aliphatic rings. The highest BCUT2D eigenvalue weighted by molar-refractivity contribution is 5.94. The summed E-state index contributed by atoms with van der Waals surface area (Å²) in [7, 11) is 0. The summed E-state index contributed by atoms with van der Waals surface area (Å²) in [6, 6.07) is 11.5. The second kappa shape index (κ2) is 4.86. The van der Waals surface area contributed by atoms with Gasteiger partial charge in [-0.15, -0.1) is 6.58 Å². The Morgan fingerprint density at radius 2 is 1.86 bits per heavy atom.